The quantitative estimate of drug-likeness (QED) is 0.698. The molecule has 0 aromatic carbocycles. The third kappa shape index (κ3) is 4.60. The van der Waals surface area contributed by atoms with Gasteiger partial charge in [0.1, 0.15) is 12.6 Å². The monoisotopic (exact) mass is 260 g/mol. The van der Waals surface area contributed by atoms with Crippen molar-refractivity contribution in [1.29, 1.82) is 0 Å². The van der Waals surface area contributed by atoms with Gasteiger partial charge in [0.2, 0.25) is 0 Å². The van der Waals surface area contributed by atoms with E-state index in [1.165, 1.54) is 14.1 Å². The second-order valence-corrected chi connectivity index (χ2v) is 3.82. The number of carbonyl (C=O) groups excluding carboxylic acids is 2. The summed E-state index contributed by atoms with van der Waals surface area (Å²) in [4.78, 5) is 36.2. The van der Waals surface area contributed by atoms with Crippen molar-refractivity contribution >= 4 is 18.0 Å². The van der Waals surface area contributed by atoms with Crippen LogP contribution in [0.15, 0.2) is 0 Å². The molecule has 104 valence electrons. The Hall–Kier alpha value is -1.79. The van der Waals surface area contributed by atoms with E-state index in [9.17, 15) is 14.4 Å². The molecule has 1 atom stereocenters. The fraction of sp³-hybridized carbons (Fsp3) is 0.727. The van der Waals surface area contributed by atoms with Crippen molar-refractivity contribution in [2.24, 2.45) is 0 Å². The SMILES string of the molecule is CCOC(=O)CN(C)C(=O)N(C)C(CC)C(=O)O. The number of rotatable bonds is 6. The summed E-state index contributed by atoms with van der Waals surface area (Å²) in [7, 11) is 2.82. The van der Waals surface area contributed by atoms with Gasteiger partial charge in [0.05, 0.1) is 6.61 Å². The molecule has 0 saturated heterocycles. The van der Waals surface area contributed by atoms with Gasteiger partial charge in [-0.1, -0.05) is 6.92 Å². The Morgan fingerprint density at radius 2 is 1.78 bits per heavy atom. The van der Waals surface area contributed by atoms with Crippen LogP contribution >= 0.6 is 0 Å². The maximum Gasteiger partial charge on any atom is 0.326 e. The van der Waals surface area contributed by atoms with Crippen molar-refractivity contribution < 1.29 is 24.2 Å². The number of ether oxygens (including phenoxy) is 1. The third-order valence-corrected chi connectivity index (χ3v) is 2.44. The molecule has 0 spiro atoms. The van der Waals surface area contributed by atoms with Gasteiger partial charge < -0.3 is 19.6 Å². The average Bonchev–Trinajstić information content (AvgIpc) is 2.28. The van der Waals surface area contributed by atoms with Gasteiger partial charge in [-0.2, -0.15) is 0 Å². The minimum absolute atomic E-state index is 0.201. The smallest absolute Gasteiger partial charge is 0.326 e. The van der Waals surface area contributed by atoms with Crippen LogP contribution in [0.1, 0.15) is 20.3 Å². The van der Waals surface area contributed by atoms with Crippen LogP contribution in [-0.2, 0) is 14.3 Å². The molecule has 0 saturated carbocycles. The summed E-state index contributed by atoms with van der Waals surface area (Å²) in [6.07, 6.45) is 0.296. The van der Waals surface area contributed by atoms with E-state index in [0.717, 1.165) is 9.80 Å². The largest absolute Gasteiger partial charge is 0.480 e. The van der Waals surface area contributed by atoms with E-state index < -0.39 is 24.0 Å². The number of carbonyl (C=O) groups is 3. The zero-order valence-electron chi connectivity index (χ0n) is 11.2. The van der Waals surface area contributed by atoms with Crippen molar-refractivity contribution in [3.63, 3.8) is 0 Å². The number of nitrogens with zero attached hydrogens (tertiary/aromatic N) is 2. The van der Waals surface area contributed by atoms with Crippen molar-refractivity contribution in [3.05, 3.63) is 0 Å². The summed E-state index contributed by atoms with van der Waals surface area (Å²) < 4.78 is 4.71. The average molecular weight is 260 g/mol. The highest BCUT2D eigenvalue weighted by Gasteiger charge is 2.27. The van der Waals surface area contributed by atoms with E-state index in [1.807, 2.05) is 0 Å². The van der Waals surface area contributed by atoms with Crippen molar-refractivity contribution in [2.45, 2.75) is 26.3 Å². The summed E-state index contributed by atoms with van der Waals surface area (Å²) >= 11 is 0. The molecule has 0 rings (SSSR count). The molecule has 0 fully saturated rings. The van der Waals surface area contributed by atoms with E-state index in [-0.39, 0.29) is 13.2 Å². The highest BCUT2D eigenvalue weighted by molar-refractivity contribution is 5.84. The Balaban J connectivity index is 4.53. The van der Waals surface area contributed by atoms with Crippen LogP contribution in [0.3, 0.4) is 0 Å². The number of hydrogen-bond acceptors (Lipinski definition) is 4. The van der Waals surface area contributed by atoms with E-state index in [0.29, 0.717) is 6.42 Å². The lowest BCUT2D eigenvalue weighted by Gasteiger charge is -2.28. The number of carboxylic acid groups (broad SMARTS) is 1. The molecule has 0 radical (unpaired) electrons. The second kappa shape index (κ2) is 7.52. The minimum Gasteiger partial charge on any atom is -0.480 e. The highest BCUT2D eigenvalue weighted by atomic mass is 16.5. The number of likely N-dealkylation sites (N-methyl/N-ethyl adjacent to an activating group) is 2. The molecule has 0 aliphatic carbocycles. The standard InChI is InChI=1S/C11H20N2O5/c1-5-8(10(15)16)13(4)11(17)12(3)7-9(14)18-6-2/h8H,5-7H2,1-4H3,(H,15,16). The zero-order valence-corrected chi connectivity index (χ0v) is 11.2. The van der Waals surface area contributed by atoms with Gasteiger partial charge in [0.15, 0.2) is 0 Å². The molecule has 7 heteroatoms. The van der Waals surface area contributed by atoms with Crippen LogP contribution < -0.4 is 0 Å². The van der Waals surface area contributed by atoms with E-state index in [4.69, 9.17) is 9.84 Å². The first-order chi connectivity index (χ1) is 8.34. The van der Waals surface area contributed by atoms with Gasteiger partial charge >= 0.3 is 18.0 Å². The van der Waals surface area contributed by atoms with Crippen molar-refractivity contribution in [1.82, 2.24) is 9.80 Å². The normalized spacial score (nSPS) is 11.6. The number of aliphatic carboxylic acids is 1. The molecule has 0 aromatic heterocycles. The summed E-state index contributed by atoms with van der Waals surface area (Å²) in [5, 5.41) is 8.94. The maximum absolute atomic E-state index is 11.9. The summed E-state index contributed by atoms with van der Waals surface area (Å²) in [5.41, 5.74) is 0. The van der Waals surface area contributed by atoms with Crippen molar-refractivity contribution in [3.8, 4) is 0 Å². The van der Waals surface area contributed by atoms with Crippen molar-refractivity contribution in [2.75, 3.05) is 27.2 Å². The van der Waals surface area contributed by atoms with Gasteiger partial charge in [-0.25, -0.2) is 9.59 Å². The topological polar surface area (TPSA) is 87.2 Å². The van der Waals surface area contributed by atoms with Crippen LogP contribution in [0.4, 0.5) is 4.79 Å². The van der Waals surface area contributed by atoms with Crippen LogP contribution in [0.5, 0.6) is 0 Å². The van der Waals surface area contributed by atoms with Crippen LogP contribution in [-0.4, -0.2) is 66.2 Å². The van der Waals surface area contributed by atoms with Crippen LogP contribution in [0, 0.1) is 0 Å². The molecule has 1 unspecified atom stereocenters. The molecule has 0 aliphatic heterocycles. The molecule has 1 N–H and O–H groups in total. The van der Waals surface area contributed by atoms with Gasteiger partial charge in [-0.05, 0) is 13.3 Å². The van der Waals surface area contributed by atoms with E-state index in [2.05, 4.69) is 0 Å². The highest BCUT2D eigenvalue weighted by Crippen LogP contribution is 2.05. The fourth-order valence-electron chi connectivity index (χ4n) is 1.48. The molecular weight excluding hydrogens is 240 g/mol. The zero-order chi connectivity index (χ0) is 14.3. The van der Waals surface area contributed by atoms with E-state index in [1.54, 1.807) is 13.8 Å². The maximum atomic E-state index is 11.9. The Kier molecular flexibility index (Phi) is 6.77. The van der Waals surface area contributed by atoms with Crippen LogP contribution in [0.2, 0.25) is 0 Å². The minimum atomic E-state index is -1.07. The number of hydrogen-bond donors (Lipinski definition) is 1. The Morgan fingerprint density at radius 1 is 1.22 bits per heavy atom. The predicted molar refractivity (Wildman–Crippen MR) is 64.1 cm³/mol. The summed E-state index contributed by atoms with van der Waals surface area (Å²) in [6.45, 7) is 3.38. The van der Waals surface area contributed by atoms with E-state index >= 15 is 0 Å². The second-order valence-electron chi connectivity index (χ2n) is 3.82. The molecule has 7 nitrogen and oxygen atoms in total. The lowest BCUT2D eigenvalue weighted by atomic mass is 10.2. The van der Waals surface area contributed by atoms with Gasteiger partial charge in [0, 0.05) is 14.1 Å². The molecular formula is C11H20N2O5. The fourth-order valence-corrected chi connectivity index (χ4v) is 1.48. The number of amides is 2. The number of carboxylic acids is 1. The third-order valence-electron chi connectivity index (χ3n) is 2.44. The molecule has 2 amide bonds. The Morgan fingerprint density at radius 3 is 2.17 bits per heavy atom. The number of esters is 1. The summed E-state index contributed by atoms with van der Waals surface area (Å²) in [5.74, 6) is -1.59. The van der Waals surface area contributed by atoms with Gasteiger partial charge in [-0.15, -0.1) is 0 Å². The molecule has 18 heavy (non-hydrogen) atoms. The lowest BCUT2D eigenvalue weighted by molar-refractivity contribution is -0.143. The Bertz CT molecular complexity index is 319. The van der Waals surface area contributed by atoms with Crippen LogP contribution in [0.25, 0.3) is 0 Å². The Labute approximate surface area is 106 Å². The van der Waals surface area contributed by atoms with Gasteiger partial charge in [-0.3, -0.25) is 4.79 Å². The predicted octanol–water partition coefficient (Wildman–Crippen LogP) is 0.396. The molecule has 0 aromatic rings. The first kappa shape index (κ1) is 16.2. The molecule has 0 bridgehead atoms. The lowest BCUT2D eigenvalue weighted by Crippen LogP contribution is -2.48. The molecule has 0 heterocycles. The first-order valence-corrected chi connectivity index (χ1v) is 5.71. The van der Waals surface area contributed by atoms with Gasteiger partial charge in [0.25, 0.3) is 0 Å². The molecule has 0 aliphatic rings. The first-order valence-electron chi connectivity index (χ1n) is 5.71. The number of urea groups is 1. The summed E-state index contributed by atoms with van der Waals surface area (Å²) in [6, 6.07) is -1.43.